The number of non-ortho nitro benzene ring substituents is 1. The van der Waals surface area contributed by atoms with Crippen LogP contribution in [-0.4, -0.2) is 42.6 Å². The van der Waals surface area contributed by atoms with Crippen molar-refractivity contribution in [3.05, 3.63) is 39.4 Å². The second-order valence-corrected chi connectivity index (χ2v) is 7.04. The van der Waals surface area contributed by atoms with E-state index in [4.69, 9.17) is 4.74 Å². The lowest BCUT2D eigenvalue weighted by atomic mass is 9.84. The molecular weight excluding hydrogens is 340 g/mol. The van der Waals surface area contributed by atoms with E-state index in [1.54, 1.807) is 4.90 Å². The van der Waals surface area contributed by atoms with E-state index in [1.165, 1.54) is 12.8 Å². The van der Waals surface area contributed by atoms with Crippen LogP contribution in [0.5, 0.6) is 0 Å². The molecule has 2 heterocycles. The summed E-state index contributed by atoms with van der Waals surface area (Å²) in [4.78, 5) is 35.3. The van der Waals surface area contributed by atoms with Crippen molar-refractivity contribution in [3.63, 3.8) is 0 Å². The van der Waals surface area contributed by atoms with Gasteiger partial charge in [0.05, 0.1) is 35.6 Å². The molecule has 0 amide bonds. The quantitative estimate of drug-likeness (QED) is 0.447. The maximum absolute atomic E-state index is 12.4. The predicted molar refractivity (Wildman–Crippen MR) is 88.8 cm³/mol. The monoisotopic (exact) mass is 362 g/mol. The summed E-state index contributed by atoms with van der Waals surface area (Å²) in [6, 6.07) is 3.53. The minimum atomic E-state index is -1.64. The lowest BCUT2D eigenvalue weighted by Crippen LogP contribution is -3.18. The Morgan fingerprint density at radius 2 is 1.92 bits per heavy atom. The van der Waals surface area contributed by atoms with E-state index in [-0.39, 0.29) is 18.1 Å². The summed E-state index contributed by atoms with van der Waals surface area (Å²) in [5.74, 6) is -2.14. The van der Waals surface area contributed by atoms with Crippen LogP contribution >= 0.6 is 0 Å². The number of nitro benzene ring substituents is 1. The molecule has 0 bridgehead atoms. The van der Waals surface area contributed by atoms with Crippen LogP contribution in [0.1, 0.15) is 52.8 Å². The lowest BCUT2D eigenvalue weighted by Gasteiger charge is -2.41. The second kappa shape index (κ2) is 7.82. The topological polar surface area (TPSA) is 114 Å². The number of aromatic carboxylic acids is 1. The Morgan fingerprint density at radius 3 is 2.65 bits per heavy atom. The van der Waals surface area contributed by atoms with E-state index in [0.29, 0.717) is 6.04 Å². The fourth-order valence-electron chi connectivity index (χ4n) is 4.23. The molecule has 26 heavy (non-hydrogen) atoms. The molecule has 0 aromatic heterocycles. The molecule has 2 aliphatic rings. The number of nitrogens with zero attached hydrogens (tertiary/aromatic N) is 1. The smallest absolute Gasteiger partial charge is 0.338 e. The molecule has 0 saturated carbocycles. The van der Waals surface area contributed by atoms with Crippen LogP contribution in [0.15, 0.2) is 18.2 Å². The number of piperidine rings is 2. The Kier molecular flexibility index (Phi) is 5.51. The van der Waals surface area contributed by atoms with Crippen molar-refractivity contribution < 1.29 is 29.3 Å². The number of carboxylic acid groups (broad SMARTS) is 1. The maximum Gasteiger partial charge on any atom is 0.338 e. The van der Waals surface area contributed by atoms with Gasteiger partial charge in [0.15, 0.2) is 0 Å². The maximum atomic E-state index is 12.4. The van der Waals surface area contributed by atoms with E-state index < -0.39 is 28.1 Å². The van der Waals surface area contributed by atoms with Crippen molar-refractivity contribution in [1.29, 1.82) is 0 Å². The number of hydrogen-bond acceptors (Lipinski definition) is 6. The summed E-state index contributed by atoms with van der Waals surface area (Å²) in [5.41, 5.74) is -1.13. The number of nitro groups is 1. The summed E-state index contributed by atoms with van der Waals surface area (Å²) >= 11 is 0. The Morgan fingerprint density at radius 1 is 1.15 bits per heavy atom. The molecule has 8 nitrogen and oxygen atoms in total. The van der Waals surface area contributed by atoms with Crippen LogP contribution in [0.3, 0.4) is 0 Å². The zero-order valence-electron chi connectivity index (χ0n) is 14.4. The standard InChI is InChI=1S/C18H22N2O6/c21-17(22)15-10-13(20(24)25)6-7-14(15)18(23)26-11-12-4-3-9-19-8-2-1-5-16(12)19/h6-7,10,12,16H,1-5,8-9,11H2,(H,21,22)/t12-,16+/m1/s1. The fourth-order valence-corrected chi connectivity index (χ4v) is 4.23. The third-order valence-corrected chi connectivity index (χ3v) is 5.51. The average Bonchev–Trinajstić information content (AvgIpc) is 2.65. The van der Waals surface area contributed by atoms with Crippen molar-refractivity contribution in [2.75, 3.05) is 19.7 Å². The van der Waals surface area contributed by atoms with Gasteiger partial charge < -0.3 is 19.5 Å². The number of fused-ring (bicyclic) bond motifs is 1. The van der Waals surface area contributed by atoms with E-state index in [1.807, 2.05) is 0 Å². The van der Waals surface area contributed by atoms with Crippen molar-refractivity contribution in [3.8, 4) is 0 Å². The first-order chi connectivity index (χ1) is 12.5. The van der Waals surface area contributed by atoms with Gasteiger partial charge in [0.25, 0.3) is 5.69 Å². The first-order valence-corrected chi connectivity index (χ1v) is 8.99. The van der Waals surface area contributed by atoms with Crippen molar-refractivity contribution >= 4 is 17.6 Å². The predicted octanol–water partition coefficient (Wildman–Crippen LogP) is -0.0375. The highest BCUT2D eigenvalue weighted by Crippen LogP contribution is 2.22. The third-order valence-electron chi connectivity index (χ3n) is 5.51. The fraction of sp³-hybridized carbons (Fsp3) is 0.556. The molecule has 2 fully saturated rings. The summed E-state index contributed by atoms with van der Waals surface area (Å²) < 4.78 is 5.39. The van der Waals surface area contributed by atoms with Gasteiger partial charge in [0.2, 0.25) is 0 Å². The Labute approximate surface area is 150 Å². The minimum Gasteiger partial charge on any atom is -0.545 e. The molecule has 3 rings (SSSR count). The second-order valence-electron chi connectivity index (χ2n) is 7.04. The van der Waals surface area contributed by atoms with E-state index in [9.17, 15) is 24.8 Å². The highest BCUT2D eigenvalue weighted by atomic mass is 16.6. The Bertz CT molecular complexity index is 718. The molecule has 1 N–H and O–H groups in total. The number of carbonyl (C=O) groups excluding carboxylic acids is 2. The largest absolute Gasteiger partial charge is 0.545 e. The zero-order chi connectivity index (χ0) is 18.7. The molecule has 0 spiro atoms. The number of ether oxygens (including phenoxy) is 1. The molecule has 3 atom stereocenters. The van der Waals surface area contributed by atoms with E-state index >= 15 is 0 Å². The summed E-state index contributed by atoms with van der Waals surface area (Å²) in [6.45, 7) is 2.56. The summed E-state index contributed by atoms with van der Waals surface area (Å²) in [7, 11) is 0. The minimum absolute atomic E-state index is 0.209. The molecule has 2 saturated heterocycles. The van der Waals surface area contributed by atoms with Crippen LogP contribution in [0.4, 0.5) is 5.69 Å². The first-order valence-electron chi connectivity index (χ1n) is 8.99. The number of carbonyl (C=O) groups is 2. The molecule has 1 aromatic carbocycles. The van der Waals surface area contributed by atoms with Gasteiger partial charge in [-0.2, -0.15) is 0 Å². The first kappa shape index (κ1) is 18.3. The van der Waals surface area contributed by atoms with Gasteiger partial charge in [0, 0.05) is 23.6 Å². The zero-order valence-corrected chi connectivity index (χ0v) is 14.4. The van der Waals surface area contributed by atoms with Gasteiger partial charge in [-0.25, -0.2) is 4.79 Å². The van der Waals surface area contributed by atoms with E-state index in [0.717, 1.165) is 50.6 Å². The molecule has 2 aliphatic heterocycles. The van der Waals surface area contributed by atoms with Gasteiger partial charge in [-0.15, -0.1) is 0 Å². The highest BCUT2D eigenvalue weighted by Gasteiger charge is 2.37. The van der Waals surface area contributed by atoms with Gasteiger partial charge in [-0.3, -0.25) is 10.1 Å². The molecule has 1 unspecified atom stereocenters. The van der Waals surface area contributed by atoms with Crippen LogP contribution < -0.4 is 10.0 Å². The SMILES string of the molecule is O=C([O-])c1cc([N+](=O)[O-])ccc1C(=O)OC[C@H]1CCC[NH+]2CCCC[C@@H]12. The average molecular weight is 362 g/mol. The number of esters is 1. The van der Waals surface area contributed by atoms with Crippen LogP contribution in [0, 0.1) is 16.0 Å². The number of benzene rings is 1. The van der Waals surface area contributed by atoms with Gasteiger partial charge in [-0.1, -0.05) is 0 Å². The summed E-state index contributed by atoms with van der Waals surface area (Å²) in [5, 5.41) is 22.0. The highest BCUT2D eigenvalue weighted by molar-refractivity contribution is 6.02. The molecule has 8 heteroatoms. The van der Waals surface area contributed by atoms with Crippen molar-refractivity contribution in [2.45, 2.75) is 38.1 Å². The number of quaternary nitrogens is 1. The van der Waals surface area contributed by atoms with Crippen LogP contribution in [0.25, 0.3) is 0 Å². The Hall–Kier alpha value is -2.48. The van der Waals surface area contributed by atoms with Gasteiger partial charge in [0.1, 0.15) is 6.61 Å². The normalized spacial score (nSPS) is 25.2. The number of rotatable bonds is 5. The molecule has 140 valence electrons. The van der Waals surface area contributed by atoms with Crippen molar-refractivity contribution in [2.24, 2.45) is 5.92 Å². The van der Waals surface area contributed by atoms with Gasteiger partial charge in [-0.05, 0) is 38.2 Å². The molecular formula is C18H22N2O6. The Balaban J connectivity index is 1.70. The number of nitrogens with one attached hydrogen (secondary N) is 1. The van der Waals surface area contributed by atoms with Crippen LogP contribution in [0.2, 0.25) is 0 Å². The molecule has 1 aromatic rings. The number of hydrogen-bond donors (Lipinski definition) is 1. The van der Waals surface area contributed by atoms with Crippen molar-refractivity contribution in [1.82, 2.24) is 0 Å². The molecule has 0 aliphatic carbocycles. The van der Waals surface area contributed by atoms with Crippen LogP contribution in [-0.2, 0) is 4.74 Å². The lowest BCUT2D eigenvalue weighted by molar-refractivity contribution is -0.940. The van der Waals surface area contributed by atoms with Gasteiger partial charge >= 0.3 is 5.97 Å². The number of carboxylic acids is 1. The van der Waals surface area contributed by atoms with E-state index in [2.05, 4.69) is 0 Å². The third kappa shape index (κ3) is 3.85. The molecule has 0 radical (unpaired) electrons. The summed E-state index contributed by atoms with van der Waals surface area (Å²) in [6.07, 6.45) is 5.64.